The Morgan fingerprint density at radius 2 is 1.21 bits per heavy atom. The minimum absolute atomic E-state index is 0.105. The summed E-state index contributed by atoms with van der Waals surface area (Å²) in [5.41, 5.74) is 1.36. The molecule has 3 aliphatic rings. The van der Waals surface area contributed by atoms with E-state index in [0.717, 1.165) is 23.7 Å². The molecule has 1 heteroatoms. The lowest BCUT2D eigenvalue weighted by Gasteiger charge is -2.39. The van der Waals surface area contributed by atoms with Crippen LogP contribution < -0.4 is 0 Å². The molecule has 0 radical (unpaired) electrons. The number of hydrogen-bond donors (Lipinski definition) is 0. The molecule has 3 saturated carbocycles. The maximum atomic E-state index is 13.1. The Morgan fingerprint density at radius 3 is 1.75 bits per heavy atom. The van der Waals surface area contributed by atoms with Crippen LogP contribution in [-0.2, 0) is 0 Å². The molecule has 3 aliphatic carbocycles. The quantitative estimate of drug-likeness (QED) is 0.553. The Hall–Kier alpha value is -0.850. The van der Waals surface area contributed by atoms with Gasteiger partial charge in [0.1, 0.15) is 5.82 Å². The molecular formula is C23H33F. The fraction of sp³-hybridized carbons (Fsp3) is 0.739. The third-order valence-electron chi connectivity index (χ3n) is 7.56. The van der Waals surface area contributed by atoms with Crippen molar-refractivity contribution in [1.29, 1.82) is 0 Å². The van der Waals surface area contributed by atoms with Crippen molar-refractivity contribution in [2.45, 2.75) is 83.0 Å². The van der Waals surface area contributed by atoms with E-state index in [2.05, 4.69) is 0 Å². The number of benzene rings is 1. The van der Waals surface area contributed by atoms with Gasteiger partial charge in [0.05, 0.1) is 0 Å². The fourth-order valence-corrected chi connectivity index (χ4v) is 5.75. The van der Waals surface area contributed by atoms with Crippen LogP contribution in [0.1, 0.15) is 88.5 Å². The van der Waals surface area contributed by atoms with Gasteiger partial charge in [-0.15, -0.1) is 0 Å². The lowest BCUT2D eigenvalue weighted by molar-refractivity contribution is 0.137. The molecule has 0 spiro atoms. The summed E-state index contributed by atoms with van der Waals surface area (Å²) in [4.78, 5) is 0. The zero-order valence-corrected chi connectivity index (χ0v) is 15.1. The molecule has 0 amide bonds. The highest BCUT2D eigenvalue weighted by atomic mass is 19.1. The Bertz CT molecular complexity index is 499. The predicted molar refractivity (Wildman–Crippen MR) is 98.5 cm³/mol. The van der Waals surface area contributed by atoms with Crippen LogP contribution >= 0.6 is 0 Å². The van der Waals surface area contributed by atoms with Gasteiger partial charge in [-0.1, -0.05) is 44.2 Å². The lowest BCUT2D eigenvalue weighted by Crippen LogP contribution is -2.26. The summed E-state index contributed by atoms with van der Waals surface area (Å²) in [5, 5.41) is 0. The maximum absolute atomic E-state index is 13.1. The van der Waals surface area contributed by atoms with E-state index in [1.165, 1.54) is 76.2 Å². The van der Waals surface area contributed by atoms with E-state index in [-0.39, 0.29) is 5.82 Å². The van der Waals surface area contributed by atoms with E-state index in [0.29, 0.717) is 5.92 Å². The van der Waals surface area contributed by atoms with Gasteiger partial charge in [-0.3, -0.25) is 0 Å². The molecular weight excluding hydrogens is 295 g/mol. The Labute approximate surface area is 147 Å². The highest BCUT2D eigenvalue weighted by Crippen LogP contribution is 2.45. The maximum Gasteiger partial charge on any atom is 0.123 e. The highest BCUT2D eigenvalue weighted by Gasteiger charge is 2.32. The second-order valence-electron chi connectivity index (χ2n) is 8.98. The molecule has 3 fully saturated rings. The minimum Gasteiger partial charge on any atom is -0.207 e. The van der Waals surface area contributed by atoms with Crippen LogP contribution in [-0.4, -0.2) is 0 Å². The first-order chi connectivity index (χ1) is 11.8. The Kier molecular flexibility index (Phi) is 5.25. The summed E-state index contributed by atoms with van der Waals surface area (Å²) < 4.78 is 13.1. The van der Waals surface area contributed by atoms with Crippen molar-refractivity contribution >= 4 is 0 Å². The lowest BCUT2D eigenvalue weighted by atomic mass is 9.66. The smallest absolute Gasteiger partial charge is 0.123 e. The van der Waals surface area contributed by atoms with Crippen molar-refractivity contribution < 1.29 is 4.39 Å². The Balaban J connectivity index is 1.22. The summed E-state index contributed by atoms with van der Waals surface area (Å²) in [6, 6.07) is 7.27. The molecule has 0 N–H and O–H groups in total. The van der Waals surface area contributed by atoms with Crippen LogP contribution in [0.25, 0.3) is 0 Å². The fourth-order valence-electron chi connectivity index (χ4n) is 5.75. The Morgan fingerprint density at radius 1 is 0.667 bits per heavy atom. The largest absolute Gasteiger partial charge is 0.207 e. The second kappa shape index (κ2) is 7.58. The van der Waals surface area contributed by atoms with Gasteiger partial charge in [-0.05, 0) is 92.2 Å². The molecule has 24 heavy (non-hydrogen) atoms. The van der Waals surface area contributed by atoms with Crippen LogP contribution in [0.15, 0.2) is 24.3 Å². The van der Waals surface area contributed by atoms with Gasteiger partial charge >= 0.3 is 0 Å². The summed E-state index contributed by atoms with van der Waals surface area (Å²) in [5.74, 6) is 4.71. The number of rotatable bonds is 4. The van der Waals surface area contributed by atoms with E-state index in [4.69, 9.17) is 0 Å². The van der Waals surface area contributed by atoms with Crippen molar-refractivity contribution in [3.05, 3.63) is 35.6 Å². The highest BCUT2D eigenvalue weighted by molar-refractivity contribution is 5.20. The van der Waals surface area contributed by atoms with Crippen LogP contribution in [0.4, 0.5) is 4.39 Å². The molecule has 132 valence electrons. The summed E-state index contributed by atoms with van der Waals surface area (Å²) in [6.07, 6.45) is 17.6. The molecule has 0 unspecified atom stereocenters. The summed E-state index contributed by atoms with van der Waals surface area (Å²) in [6.45, 7) is 0. The summed E-state index contributed by atoms with van der Waals surface area (Å²) in [7, 11) is 0. The van der Waals surface area contributed by atoms with Crippen LogP contribution in [0.2, 0.25) is 0 Å². The van der Waals surface area contributed by atoms with E-state index in [1.807, 2.05) is 12.1 Å². The van der Waals surface area contributed by atoms with E-state index in [9.17, 15) is 4.39 Å². The number of halogens is 1. The molecule has 1 aromatic carbocycles. The first-order valence-corrected chi connectivity index (χ1v) is 10.5. The van der Waals surface area contributed by atoms with Crippen molar-refractivity contribution in [1.82, 2.24) is 0 Å². The van der Waals surface area contributed by atoms with E-state index in [1.54, 1.807) is 18.6 Å². The van der Waals surface area contributed by atoms with Gasteiger partial charge in [-0.25, -0.2) is 4.39 Å². The van der Waals surface area contributed by atoms with Gasteiger partial charge in [0.2, 0.25) is 0 Å². The molecule has 0 heterocycles. The molecule has 0 bridgehead atoms. The van der Waals surface area contributed by atoms with Crippen LogP contribution in [0, 0.1) is 29.5 Å². The zero-order chi connectivity index (χ0) is 16.4. The summed E-state index contributed by atoms with van der Waals surface area (Å²) >= 11 is 0. The van der Waals surface area contributed by atoms with Crippen LogP contribution in [0.5, 0.6) is 0 Å². The van der Waals surface area contributed by atoms with Crippen molar-refractivity contribution in [2.75, 3.05) is 0 Å². The first-order valence-electron chi connectivity index (χ1n) is 10.5. The molecule has 0 saturated heterocycles. The van der Waals surface area contributed by atoms with Gasteiger partial charge in [-0.2, -0.15) is 0 Å². The SMILES string of the molecule is Fc1ccc(C2CCC(C3CCC(CC4CCC4)CC3)CC2)cc1. The molecule has 0 aliphatic heterocycles. The standard InChI is InChI=1S/C23H33F/c24-23-14-12-22(13-15-23)21-10-8-20(9-11-21)19-6-4-18(5-7-19)16-17-2-1-3-17/h12-15,17-21H,1-11,16H2. The van der Waals surface area contributed by atoms with E-state index >= 15 is 0 Å². The predicted octanol–water partition coefficient (Wildman–Crippen LogP) is 7.10. The normalized spacial score (nSPS) is 34.7. The average Bonchev–Trinajstić information content (AvgIpc) is 2.60. The van der Waals surface area contributed by atoms with Crippen molar-refractivity contribution in [3.63, 3.8) is 0 Å². The van der Waals surface area contributed by atoms with Gasteiger partial charge in [0.25, 0.3) is 0 Å². The third-order valence-corrected chi connectivity index (χ3v) is 7.56. The monoisotopic (exact) mass is 328 g/mol. The molecule has 1 aromatic rings. The van der Waals surface area contributed by atoms with Gasteiger partial charge in [0, 0.05) is 0 Å². The third kappa shape index (κ3) is 3.86. The molecule has 0 atom stereocenters. The average molecular weight is 329 g/mol. The molecule has 4 rings (SSSR count). The van der Waals surface area contributed by atoms with Gasteiger partial charge in [0.15, 0.2) is 0 Å². The van der Waals surface area contributed by atoms with Crippen LogP contribution in [0.3, 0.4) is 0 Å². The molecule has 0 aromatic heterocycles. The second-order valence-corrected chi connectivity index (χ2v) is 8.98. The molecule has 0 nitrogen and oxygen atoms in total. The van der Waals surface area contributed by atoms with Crippen molar-refractivity contribution in [3.8, 4) is 0 Å². The number of hydrogen-bond acceptors (Lipinski definition) is 0. The first kappa shape index (κ1) is 16.6. The topological polar surface area (TPSA) is 0 Å². The van der Waals surface area contributed by atoms with E-state index < -0.39 is 0 Å². The minimum atomic E-state index is -0.105. The zero-order valence-electron chi connectivity index (χ0n) is 15.1. The van der Waals surface area contributed by atoms with Gasteiger partial charge < -0.3 is 0 Å². The van der Waals surface area contributed by atoms with Crippen molar-refractivity contribution in [2.24, 2.45) is 23.7 Å².